The van der Waals surface area contributed by atoms with Gasteiger partial charge in [-0.1, -0.05) is 68.5 Å². The Bertz CT molecular complexity index is 1430. The predicted octanol–water partition coefficient (Wildman–Crippen LogP) is 4.78. The van der Waals surface area contributed by atoms with Crippen LogP contribution in [0.5, 0.6) is 0 Å². The molecule has 6 rings (SSSR count). The molecule has 2 aliphatic carbocycles. The van der Waals surface area contributed by atoms with E-state index in [1.807, 2.05) is 30.3 Å². The first-order chi connectivity index (χ1) is 20.3. The Hall–Kier alpha value is -2.57. The van der Waals surface area contributed by atoms with Crippen molar-refractivity contribution in [3.05, 3.63) is 52.3 Å². The first-order valence-corrected chi connectivity index (χ1v) is 17.5. The van der Waals surface area contributed by atoms with Crippen molar-refractivity contribution in [2.45, 2.75) is 82.5 Å². The number of thiophene rings is 1. The van der Waals surface area contributed by atoms with E-state index < -0.39 is 22.0 Å². The zero-order valence-corrected chi connectivity index (χ0v) is 25.5. The van der Waals surface area contributed by atoms with Gasteiger partial charge in [0.05, 0.1) is 29.3 Å². The Morgan fingerprint density at radius 1 is 1.02 bits per heavy atom. The number of anilines is 1. The zero-order valence-electron chi connectivity index (χ0n) is 23.8. The second-order valence-electron chi connectivity index (χ2n) is 12.0. The Labute approximate surface area is 252 Å². The third kappa shape index (κ3) is 6.07. The van der Waals surface area contributed by atoms with E-state index in [0.29, 0.717) is 23.1 Å². The van der Waals surface area contributed by atoms with E-state index in [0.717, 1.165) is 66.7 Å². The number of nitrogens with zero attached hydrogens (tertiary/aromatic N) is 2. The van der Waals surface area contributed by atoms with Crippen molar-refractivity contribution >= 4 is 38.9 Å². The highest BCUT2D eigenvalue weighted by atomic mass is 32.2. The van der Waals surface area contributed by atoms with Crippen LogP contribution in [0, 0.1) is 5.92 Å². The Morgan fingerprint density at radius 3 is 2.40 bits per heavy atom. The fraction of sp³-hybridized carbons (Fsp3) is 0.548. The van der Waals surface area contributed by atoms with Crippen molar-refractivity contribution in [3.63, 3.8) is 0 Å². The van der Waals surface area contributed by atoms with Gasteiger partial charge in [-0.2, -0.15) is 4.31 Å². The van der Waals surface area contributed by atoms with Gasteiger partial charge >= 0.3 is 5.97 Å². The number of piperazine rings is 1. The molecule has 2 saturated carbocycles. The normalized spacial score (nSPS) is 25.1. The van der Waals surface area contributed by atoms with Gasteiger partial charge in [-0.05, 0) is 49.7 Å². The lowest BCUT2D eigenvalue weighted by Crippen LogP contribution is -2.61. The van der Waals surface area contributed by atoms with Crippen molar-refractivity contribution in [1.82, 2.24) is 14.9 Å². The van der Waals surface area contributed by atoms with Gasteiger partial charge in [0.15, 0.2) is 0 Å². The summed E-state index contributed by atoms with van der Waals surface area (Å²) in [7, 11) is -3.87. The molecule has 3 fully saturated rings. The second-order valence-corrected chi connectivity index (χ2v) is 15.1. The van der Waals surface area contributed by atoms with Crippen LogP contribution in [-0.4, -0.2) is 67.6 Å². The molecule has 3 N–H and O–H groups in total. The summed E-state index contributed by atoms with van der Waals surface area (Å²) in [6.07, 6.45) is 12.1. The summed E-state index contributed by atoms with van der Waals surface area (Å²) in [5.41, 5.74) is 1.26. The number of carboxylic acids is 1. The fourth-order valence-electron chi connectivity index (χ4n) is 7.09. The van der Waals surface area contributed by atoms with Gasteiger partial charge in [0.2, 0.25) is 15.9 Å². The number of aromatic carboxylic acids is 1. The van der Waals surface area contributed by atoms with Crippen LogP contribution in [0.25, 0.3) is 10.4 Å². The van der Waals surface area contributed by atoms with Crippen molar-refractivity contribution in [2.24, 2.45) is 5.92 Å². The Kier molecular flexibility index (Phi) is 8.83. The quantitative estimate of drug-likeness (QED) is 0.393. The molecule has 1 aromatic carbocycles. The van der Waals surface area contributed by atoms with Crippen LogP contribution in [0.3, 0.4) is 0 Å². The number of sulfonamides is 1. The van der Waals surface area contributed by atoms with Crippen LogP contribution >= 0.6 is 11.3 Å². The number of rotatable bonds is 8. The molecule has 1 aromatic heterocycles. The molecule has 9 nitrogen and oxygen atoms in total. The number of carboxylic acid groups (broad SMARTS) is 1. The summed E-state index contributed by atoms with van der Waals surface area (Å²) in [5, 5.41) is 17.1. The zero-order chi connectivity index (χ0) is 29.3. The molecule has 0 radical (unpaired) electrons. The summed E-state index contributed by atoms with van der Waals surface area (Å²) in [5.74, 6) is -1.35. The molecule has 2 atom stereocenters. The number of benzene rings is 1. The number of carbonyl (C=O) groups is 2. The highest BCUT2D eigenvalue weighted by Crippen LogP contribution is 2.42. The summed E-state index contributed by atoms with van der Waals surface area (Å²) in [4.78, 5) is 29.2. The summed E-state index contributed by atoms with van der Waals surface area (Å²) in [6, 6.07) is 11.4. The average molecular weight is 613 g/mol. The fourth-order valence-corrected chi connectivity index (χ4v) is 9.62. The lowest BCUT2D eigenvalue weighted by atomic mass is 9.82. The van der Waals surface area contributed by atoms with E-state index in [4.69, 9.17) is 0 Å². The lowest BCUT2D eigenvalue weighted by molar-refractivity contribution is -0.121. The molecular weight excluding hydrogens is 572 g/mol. The minimum Gasteiger partial charge on any atom is -0.477 e. The van der Waals surface area contributed by atoms with Crippen LogP contribution in [-0.2, 0) is 14.8 Å². The first-order valence-electron chi connectivity index (χ1n) is 15.2. The monoisotopic (exact) mass is 612 g/mol. The van der Waals surface area contributed by atoms with E-state index >= 15 is 0 Å². The minimum atomic E-state index is -3.87. The third-order valence-corrected chi connectivity index (χ3v) is 12.4. The van der Waals surface area contributed by atoms with E-state index in [1.54, 1.807) is 17.0 Å². The maximum Gasteiger partial charge on any atom is 0.348 e. The summed E-state index contributed by atoms with van der Waals surface area (Å²) in [6.45, 7) is 0.0843. The highest BCUT2D eigenvalue weighted by molar-refractivity contribution is 7.93. The van der Waals surface area contributed by atoms with Gasteiger partial charge in [-0.15, -0.1) is 11.3 Å². The topological polar surface area (TPSA) is 119 Å². The molecule has 1 amide bonds. The molecule has 11 heteroatoms. The summed E-state index contributed by atoms with van der Waals surface area (Å²) >= 11 is 1.16. The van der Waals surface area contributed by atoms with E-state index in [2.05, 4.69) is 10.6 Å². The Morgan fingerprint density at radius 2 is 1.74 bits per heavy atom. The van der Waals surface area contributed by atoms with Crippen molar-refractivity contribution in [1.29, 1.82) is 0 Å². The maximum absolute atomic E-state index is 13.9. The number of carbonyl (C=O) groups excluding carboxylic acids is 1. The predicted molar refractivity (Wildman–Crippen MR) is 165 cm³/mol. The molecule has 4 aliphatic rings. The van der Waals surface area contributed by atoms with Gasteiger partial charge in [0.25, 0.3) is 0 Å². The van der Waals surface area contributed by atoms with Gasteiger partial charge in [0.1, 0.15) is 4.88 Å². The van der Waals surface area contributed by atoms with E-state index in [9.17, 15) is 23.1 Å². The third-order valence-electron chi connectivity index (χ3n) is 9.29. The average Bonchev–Trinajstić information content (AvgIpc) is 3.69. The molecule has 42 heavy (non-hydrogen) atoms. The van der Waals surface area contributed by atoms with Crippen molar-refractivity contribution in [2.75, 3.05) is 24.5 Å². The number of hydrogen-bond acceptors (Lipinski definition) is 7. The van der Waals surface area contributed by atoms with Gasteiger partial charge in [-0.3, -0.25) is 15.4 Å². The van der Waals surface area contributed by atoms with Crippen molar-refractivity contribution in [3.8, 4) is 10.4 Å². The Balaban J connectivity index is 1.28. The van der Waals surface area contributed by atoms with Crippen LogP contribution in [0.2, 0.25) is 0 Å². The number of amides is 1. The molecule has 226 valence electrons. The highest BCUT2D eigenvalue weighted by Gasteiger charge is 2.45. The molecule has 0 spiro atoms. The second kappa shape index (κ2) is 12.6. The smallest absolute Gasteiger partial charge is 0.348 e. The standard InChI is InChI=1S/C31H40N4O5S2/c36-29-20-34(42(39,40)24-15-16-28(32-18-24)33-23-13-7-8-14-23)19-26(21-9-3-1-4-10-21)35(29)25-17-27(41-30(25)31(37)38)22-11-5-2-6-12-22/h2,5-6,11-12,15,17,21,23,26,28,32-33H,1,3-4,7-10,13-14,16,18-20H2,(H,37,38). The summed E-state index contributed by atoms with van der Waals surface area (Å²) < 4.78 is 29.2. The molecule has 0 bridgehead atoms. The minimum absolute atomic E-state index is 0.0485. The van der Waals surface area contributed by atoms with Crippen LogP contribution in [0.15, 0.2) is 47.4 Å². The van der Waals surface area contributed by atoms with Crippen LogP contribution in [0.4, 0.5) is 5.69 Å². The lowest BCUT2D eigenvalue weighted by Gasteiger charge is -2.45. The SMILES string of the molecule is O=C(O)c1sc(-c2ccccc2)cc1N1C(=O)CN(S(=O)(=O)C2=CCC(NC3CCCC3)NC2)CC1C1CCCCC1. The van der Waals surface area contributed by atoms with Gasteiger partial charge < -0.3 is 10.0 Å². The van der Waals surface area contributed by atoms with E-state index in [-0.39, 0.29) is 42.5 Å². The van der Waals surface area contributed by atoms with Gasteiger partial charge in [-0.25, -0.2) is 13.2 Å². The van der Waals surface area contributed by atoms with Crippen LogP contribution < -0.4 is 15.5 Å². The van der Waals surface area contributed by atoms with Crippen molar-refractivity contribution < 1.29 is 23.1 Å². The molecule has 2 aromatic rings. The number of nitrogens with one attached hydrogen (secondary N) is 2. The van der Waals surface area contributed by atoms with Crippen LogP contribution in [0.1, 0.15) is 73.9 Å². The molecule has 1 saturated heterocycles. The van der Waals surface area contributed by atoms with E-state index in [1.165, 1.54) is 17.1 Å². The first kappa shape index (κ1) is 29.5. The maximum atomic E-state index is 13.9. The molecular formula is C31H40N4O5S2. The molecule has 2 aliphatic heterocycles. The largest absolute Gasteiger partial charge is 0.477 e. The molecule has 2 unspecified atom stereocenters. The number of hydrogen-bond donors (Lipinski definition) is 3. The van der Waals surface area contributed by atoms with Gasteiger partial charge in [0, 0.05) is 24.0 Å². The molecule has 3 heterocycles.